The zero-order chi connectivity index (χ0) is 20.1. The second-order valence-electron chi connectivity index (χ2n) is 7.25. The number of hydrogen-bond acceptors (Lipinski definition) is 6. The van der Waals surface area contributed by atoms with Crippen LogP contribution in [0.15, 0.2) is 30.5 Å². The Bertz CT molecular complexity index is 837. The highest BCUT2D eigenvalue weighted by Crippen LogP contribution is 2.24. The molecule has 0 aliphatic carbocycles. The molecule has 0 atom stereocenters. The van der Waals surface area contributed by atoms with Gasteiger partial charge < -0.3 is 24.6 Å². The molecule has 0 unspecified atom stereocenters. The lowest BCUT2D eigenvalue weighted by Gasteiger charge is -2.26. The molecule has 29 heavy (non-hydrogen) atoms. The third-order valence-electron chi connectivity index (χ3n) is 5.10. The Morgan fingerprint density at radius 3 is 2.76 bits per heavy atom. The Kier molecular flexibility index (Phi) is 6.09. The highest BCUT2D eigenvalue weighted by Gasteiger charge is 2.26. The zero-order valence-corrected chi connectivity index (χ0v) is 16.8. The van der Waals surface area contributed by atoms with Gasteiger partial charge in [-0.2, -0.15) is 0 Å². The number of carbonyl (C=O) groups excluding carboxylic acids is 1. The van der Waals surface area contributed by atoms with Crippen LogP contribution in [0.3, 0.4) is 0 Å². The fraction of sp³-hybridized carbons (Fsp3) is 0.476. The van der Waals surface area contributed by atoms with Crippen LogP contribution in [-0.4, -0.2) is 53.8 Å². The summed E-state index contributed by atoms with van der Waals surface area (Å²) in [6, 6.07) is 7.33. The maximum atomic E-state index is 12.7. The number of benzene rings is 1. The second-order valence-corrected chi connectivity index (χ2v) is 7.25. The number of carbonyl (C=O) groups is 1. The summed E-state index contributed by atoms with van der Waals surface area (Å²) in [5, 5.41) is 2.95. The number of fused-ring (bicyclic) bond motifs is 1. The van der Waals surface area contributed by atoms with E-state index in [9.17, 15) is 4.79 Å². The molecule has 8 heteroatoms. The van der Waals surface area contributed by atoms with Crippen LogP contribution in [0, 0.1) is 0 Å². The summed E-state index contributed by atoms with van der Waals surface area (Å²) in [5.41, 5.74) is 2.65. The summed E-state index contributed by atoms with van der Waals surface area (Å²) in [7, 11) is 0. The Morgan fingerprint density at radius 1 is 1.21 bits per heavy atom. The van der Waals surface area contributed by atoms with E-state index in [0.717, 1.165) is 48.6 Å². The molecule has 0 saturated carbocycles. The first kappa shape index (κ1) is 19.4. The summed E-state index contributed by atoms with van der Waals surface area (Å²) >= 11 is 0. The number of rotatable bonds is 6. The number of nitrogens with one attached hydrogen (secondary N) is 1. The highest BCUT2D eigenvalue weighted by molar-refractivity contribution is 5.89. The third kappa shape index (κ3) is 4.76. The zero-order valence-electron chi connectivity index (χ0n) is 16.8. The van der Waals surface area contributed by atoms with Crippen molar-refractivity contribution in [3.63, 3.8) is 0 Å². The van der Waals surface area contributed by atoms with Gasteiger partial charge in [0.05, 0.1) is 38.6 Å². The van der Waals surface area contributed by atoms with E-state index >= 15 is 0 Å². The van der Waals surface area contributed by atoms with Crippen molar-refractivity contribution in [2.24, 2.45) is 0 Å². The molecule has 1 aromatic heterocycles. The quantitative estimate of drug-likeness (QED) is 0.755. The first-order valence-electron chi connectivity index (χ1n) is 10.2. The molecule has 2 aliphatic heterocycles. The minimum atomic E-state index is -0.143. The first-order valence-corrected chi connectivity index (χ1v) is 10.2. The molecule has 0 bridgehead atoms. The topological polar surface area (TPSA) is 79.8 Å². The maximum Gasteiger partial charge on any atom is 0.322 e. The summed E-state index contributed by atoms with van der Waals surface area (Å²) in [5.74, 6) is 1.53. The van der Waals surface area contributed by atoms with Crippen molar-refractivity contribution >= 4 is 17.7 Å². The fourth-order valence-electron chi connectivity index (χ4n) is 3.37. The van der Waals surface area contributed by atoms with E-state index < -0.39 is 0 Å². The van der Waals surface area contributed by atoms with Crippen molar-refractivity contribution in [3.05, 3.63) is 41.7 Å². The molecule has 2 aromatic rings. The molecule has 0 spiro atoms. The average Bonchev–Trinajstić information content (AvgIpc) is 3.19. The van der Waals surface area contributed by atoms with Crippen molar-refractivity contribution in [1.29, 1.82) is 0 Å². The number of hydrogen-bond donors (Lipinski definition) is 1. The molecule has 0 radical (unpaired) electrons. The molecule has 1 aromatic carbocycles. The lowest BCUT2D eigenvalue weighted by Crippen LogP contribution is -2.37. The third-order valence-corrected chi connectivity index (χ3v) is 5.10. The van der Waals surface area contributed by atoms with E-state index in [0.29, 0.717) is 38.9 Å². The fourth-order valence-corrected chi connectivity index (χ4v) is 3.37. The summed E-state index contributed by atoms with van der Waals surface area (Å²) in [4.78, 5) is 25.7. The van der Waals surface area contributed by atoms with Crippen LogP contribution < -0.4 is 15.0 Å². The van der Waals surface area contributed by atoms with E-state index in [1.807, 2.05) is 30.5 Å². The minimum absolute atomic E-state index is 0.143. The van der Waals surface area contributed by atoms with Crippen LogP contribution in [0.5, 0.6) is 5.75 Å². The molecule has 4 rings (SSSR count). The molecular weight excluding hydrogens is 370 g/mol. The molecule has 3 heterocycles. The standard InChI is InChI=1S/C21H27N5O3/c1-2-3-10-29-18-6-4-17(5-7-18)23-21(27)26-14-16-13-22-20(24-19(16)15-26)25-8-11-28-12-9-25/h4-7,13H,2-3,8-12,14-15H2,1H3,(H,23,27). The number of anilines is 2. The Balaban J connectivity index is 1.33. The lowest BCUT2D eigenvalue weighted by atomic mass is 10.3. The van der Waals surface area contributed by atoms with E-state index in [2.05, 4.69) is 27.1 Å². The number of urea groups is 1. The van der Waals surface area contributed by atoms with Gasteiger partial charge >= 0.3 is 6.03 Å². The summed E-state index contributed by atoms with van der Waals surface area (Å²) in [6.07, 6.45) is 3.97. The molecule has 1 fully saturated rings. The first-order chi connectivity index (χ1) is 14.2. The number of aromatic nitrogens is 2. The van der Waals surface area contributed by atoms with Gasteiger partial charge in [0.2, 0.25) is 5.95 Å². The van der Waals surface area contributed by atoms with E-state index in [4.69, 9.17) is 9.47 Å². The molecule has 2 amide bonds. The van der Waals surface area contributed by atoms with E-state index in [1.54, 1.807) is 4.90 Å². The average molecular weight is 397 g/mol. The molecule has 8 nitrogen and oxygen atoms in total. The smallest absolute Gasteiger partial charge is 0.322 e. The van der Waals surface area contributed by atoms with Gasteiger partial charge in [0.25, 0.3) is 0 Å². The number of ether oxygens (including phenoxy) is 2. The predicted molar refractivity (Wildman–Crippen MR) is 110 cm³/mol. The van der Waals surface area contributed by atoms with Gasteiger partial charge in [-0.15, -0.1) is 0 Å². The van der Waals surface area contributed by atoms with Crippen molar-refractivity contribution in [3.8, 4) is 5.75 Å². The Morgan fingerprint density at radius 2 is 2.00 bits per heavy atom. The van der Waals surface area contributed by atoms with Crippen molar-refractivity contribution in [1.82, 2.24) is 14.9 Å². The number of amides is 2. The molecule has 154 valence electrons. The Hall–Kier alpha value is -2.87. The van der Waals surface area contributed by atoms with E-state index in [-0.39, 0.29) is 6.03 Å². The van der Waals surface area contributed by atoms with Crippen LogP contribution in [0.4, 0.5) is 16.4 Å². The molecule has 2 aliphatic rings. The largest absolute Gasteiger partial charge is 0.494 e. The summed E-state index contributed by atoms with van der Waals surface area (Å²) < 4.78 is 11.0. The van der Waals surface area contributed by atoms with Crippen molar-refractivity contribution in [2.75, 3.05) is 43.1 Å². The van der Waals surface area contributed by atoms with Crippen molar-refractivity contribution in [2.45, 2.75) is 32.9 Å². The van der Waals surface area contributed by atoms with Gasteiger partial charge in [0.1, 0.15) is 5.75 Å². The minimum Gasteiger partial charge on any atom is -0.494 e. The molecule has 1 N–H and O–H groups in total. The molecular formula is C21H27N5O3. The Labute approximate surface area is 170 Å². The van der Waals surface area contributed by atoms with Crippen LogP contribution in [0.1, 0.15) is 31.0 Å². The normalized spacial score (nSPS) is 15.9. The predicted octanol–water partition coefficient (Wildman–Crippen LogP) is 3.04. The van der Waals surface area contributed by atoms with E-state index in [1.165, 1.54) is 0 Å². The van der Waals surface area contributed by atoms with Gasteiger partial charge in [0, 0.05) is 30.5 Å². The highest BCUT2D eigenvalue weighted by atomic mass is 16.5. The van der Waals surface area contributed by atoms with Crippen LogP contribution in [-0.2, 0) is 17.8 Å². The van der Waals surface area contributed by atoms with Gasteiger partial charge in [-0.1, -0.05) is 13.3 Å². The summed E-state index contributed by atoms with van der Waals surface area (Å²) in [6.45, 7) is 6.81. The van der Waals surface area contributed by atoms with Crippen LogP contribution in [0.25, 0.3) is 0 Å². The van der Waals surface area contributed by atoms with Gasteiger partial charge in [-0.3, -0.25) is 0 Å². The maximum absolute atomic E-state index is 12.7. The number of nitrogens with zero attached hydrogens (tertiary/aromatic N) is 4. The lowest BCUT2D eigenvalue weighted by molar-refractivity contribution is 0.122. The van der Waals surface area contributed by atoms with Gasteiger partial charge in [-0.25, -0.2) is 14.8 Å². The van der Waals surface area contributed by atoms with Gasteiger partial charge in [0.15, 0.2) is 0 Å². The monoisotopic (exact) mass is 397 g/mol. The SMILES string of the molecule is CCCCOc1ccc(NC(=O)N2Cc3cnc(N4CCOCC4)nc3C2)cc1. The van der Waals surface area contributed by atoms with Crippen LogP contribution >= 0.6 is 0 Å². The number of unbranched alkanes of at least 4 members (excludes halogenated alkanes) is 1. The second kappa shape index (κ2) is 9.09. The van der Waals surface area contributed by atoms with Crippen LogP contribution in [0.2, 0.25) is 0 Å². The van der Waals surface area contributed by atoms with Crippen molar-refractivity contribution < 1.29 is 14.3 Å². The molecule has 1 saturated heterocycles. The number of morpholine rings is 1. The van der Waals surface area contributed by atoms with Gasteiger partial charge in [-0.05, 0) is 30.7 Å².